The van der Waals surface area contributed by atoms with Crippen LogP contribution in [0.1, 0.15) is 22.0 Å². The Morgan fingerprint density at radius 2 is 1.84 bits per heavy atom. The first-order chi connectivity index (χ1) is 12.0. The number of hydrogen-bond donors (Lipinski definition) is 2. The molecule has 5 nitrogen and oxygen atoms in total. The van der Waals surface area contributed by atoms with Gasteiger partial charge in [-0.3, -0.25) is 9.59 Å². The van der Waals surface area contributed by atoms with Crippen molar-refractivity contribution in [2.45, 2.75) is 5.92 Å². The molecule has 1 atom stereocenters. The van der Waals surface area contributed by atoms with Gasteiger partial charge in [-0.25, -0.2) is 8.78 Å². The van der Waals surface area contributed by atoms with Crippen LogP contribution in [0.2, 0.25) is 0 Å². The summed E-state index contributed by atoms with van der Waals surface area (Å²) >= 11 is 0. The monoisotopic (exact) mass is 345 g/mol. The fourth-order valence-electron chi connectivity index (χ4n) is 2.46. The Morgan fingerprint density at radius 1 is 1.12 bits per heavy atom. The van der Waals surface area contributed by atoms with Gasteiger partial charge in [-0.05, 0) is 29.8 Å². The Bertz CT molecular complexity index is 934. The molecule has 2 aromatic carbocycles. The minimum atomic E-state index is -1.16. The van der Waals surface area contributed by atoms with Crippen LogP contribution in [0.15, 0.2) is 52.9 Å². The Kier molecular flexibility index (Phi) is 4.47. The molecular weight excluding hydrogens is 332 g/mol. The van der Waals surface area contributed by atoms with Gasteiger partial charge in [0, 0.05) is 11.9 Å². The third-order valence-corrected chi connectivity index (χ3v) is 3.76. The number of furan rings is 1. The summed E-state index contributed by atoms with van der Waals surface area (Å²) < 4.78 is 31.8. The fourth-order valence-corrected chi connectivity index (χ4v) is 2.46. The molecule has 0 aliphatic carbocycles. The van der Waals surface area contributed by atoms with Gasteiger partial charge in [-0.1, -0.05) is 24.3 Å². The van der Waals surface area contributed by atoms with Crippen molar-refractivity contribution in [3.8, 4) is 0 Å². The number of aliphatic carboxylic acids is 1. The maximum Gasteiger partial charge on any atom is 0.312 e. The zero-order chi connectivity index (χ0) is 18.0. The highest BCUT2D eigenvalue weighted by atomic mass is 19.1. The van der Waals surface area contributed by atoms with Crippen LogP contribution in [0.4, 0.5) is 8.78 Å². The van der Waals surface area contributed by atoms with Crippen LogP contribution in [0.25, 0.3) is 11.0 Å². The number of carbonyl (C=O) groups is 2. The molecule has 1 heterocycles. The molecule has 0 saturated heterocycles. The van der Waals surface area contributed by atoms with E-state index in [1.165, 1.54) is 30.3 Å². The molecule has 0 bridgehead atoms. The Morgan fingerprint density at radius 3 is 2.48 bits per heavy atom. The number of carboxylic acid groups (broad SMARTS) is 1. The molecule has 0 radical (unpaired) electrons. The molecule has 0 aliphatic heterocycles. The van der Waals surface area contributed by atoms with Crippen LogP contribution in [-0.2, 0) is 4.79 Å². The lowest BCUT2D eigenvalue weighted by atomic mass is 9.99. The number of fused-ring (bicyclic) bond motifs is 1. The van der Waals surface area contributed by atoms with Crippen molar-refractivity contribution in [2.75, 3.05) is 6.54 Å². The van der Waals surface area contributed by atoms with Gasteiger partial charge < -0.3 is 14.8 Å². The van der Waals surface area contributed by atoms with E-state index in [9.17, 15) is 23.5 Å². The molecule has 1 aromatic heterocycles. The minimum Gasteiger partial charge on any atom is -0.481 e. The second-order valence-corrected chi connectivity index (χ2v) is 5.42. The van der Waals surface area contributed by atoms with Gasteiger partial charge in [-0.2, -0.15) is 0 Å². The lowest BCUT2D eigenvalue weighted by molar-refractivity contribution is -0.138. The maximum atomic E-state index is 13.6. The summed E-state index contributed by atoms with van der Waals surface area (Å²) in [4.78, 5) is 23.6. The normalized spacial score (nSPS) is 12.1. The number of amides is 1. The van der Waals surface area contributed by atoms with Gasteiger partial charge in [0.05, 0.1) is 5.92 Å². The predicted octanol–water partition coefficient (Wildman–Crippen LogP) is 3.31. The number of nitrogens with one attached hydrogen (secondary N) is 1. The largest absolute Gasteiger partial charge is 0.481 e. The molecule has 3 rings (SSSR count). The lowest BCUT2D eigenvalue weighted by Crippen LogP contribution is -2.31. The third kappa shape index (κ3) is 3.50. The second kappa shape index (κ2) is 6.72. The smallest absolute Gasteiger partial charge is 0.312 e. The molecule has 0 saturated carbocycles. The van der Waals surface area contributed by atoms with E-state index >= 15 is 0 Å². The van der Waals surface area contributed by atoms with E-state index in [0.717, 1.165) is 12.1 Å². The van der Waals surface area contributed by atoms with Crippen LogP contribution < -0.4 is 5.32 Å². The SMILES string of the molecule is O=C(NCC(C(=O)O)c1ccc(F)cc1)c1cc2cccc(F)c2o1. The highest BCUT2D eigenvalue weighted by Crippen LogP contribution is 2.22. The average molecular weight is 345 g/mol. The van der Waals surface area contributed by atoms with E-state index in [4.69, 9.17) is 4.42 Å². The van der Waals surface area contributed by atoms with Gasteiger partial charge in [0.2, 0.25) is 0 Å². The number of rotatable bonds is 5. The second-order valence-electron chi connectivity index (χ2n) is 5.42. The van der Waals surface area contributed by atoms with E-state index in [1.807, 2.05) is 0 Å². The van der Waals surface area contributed by atoms with E-state index in [-0.39, 0.29) is 17.9 Å². The lowest BCUT2D eigenvalue weighted by Gasteiger charge is -2.13. The molecule has 1 unspecified atom stereocenters. The molecular formula is C18H13F2NO4. The van der Waals surface area contributed by atoms with Crippen LogP contribution >= 0.6 is 0 Å². The van der Waals surface area contributed by atoms with Gasteiger partial charge in [-0.15, -0.1) is 0 Å². The van der Waals surface area contributed by atoms with Crippen molar-refractivity contribution in [2.24, 2.45) is 0 Å². The first-order valence-electron chi connectivity index (χ1n) is 7.40. The van der Waals surface area contributed by atoms with Gasteiger partial charge in [0.15, 0.2) is 17.2 Å². The molecule has 128 valence electrons. The number of benzene rings is 2. The van der Waals surface area contributed by atoms with E-state index < -0.39 is 29.4 Å². The first kappa shape index (κ1) is 16.6. The summed E-state index contributed by atoms with van der Waals surface area (Å²) in [7, 11) is 0. The Hall–Kier alpha value is -3.22. The Labute approximate surface area is 140 Å². The minimum absolute atomic E-state index is 0.0408. The Balaban J connectivity index is 1.75. The molecule has 0 spiro atoms. The van der Waals surface area contributed by atoms with Crippen LogP contribution in [0, 0.1) is 11.6 Å². The average Bonchev–Trinajstić information content (AvgIpc) is 3.02. The van der Waals surface area contributed by atoms with E-state index in [1.54, 1.807) is 6.07 Å². The molecule has 7 heteroatoms. The number of halogens is 2. The summed E-state index contributed by atoms with van der Waals surface area (Å²) in [6.45, 7) is -0.223. The van der Waals surface area contributed by atoms with E-state index in [0.29, 0.717) is 10.9 Å². The zero-order valence-electron chi connectivity index (χ0n) is 12.8. The first-order valence-corrected chi connectivity index (χ1v) is 7.40. The molecule has 25 heavy (non-hydrogen) atoms. The summed E-state index contributed by atoms with van der Waals surface area (Å²) in [5.41, 5.74) is 0.311. The van der Waals surface area contributed by atoms with Gasteiger partial charge in [0.25, 0.3) is 5.91 Å². The maximum absolute atomic E-state index is 13.6. The topological polar surface area (TPSA) is 79.5 Å². The van der Waals surface area contributed by atoms with Crippen LogP contribution in [-0.4, -0.2) is 23.5 Å². The molecule has 0 fully saturated rings. The molecule has 0 aliphatic rings. The highest BCUT2D eigenvalue weighted by Gasteiger charge is 2.22. The zero-order valence-corrected chi connectivity index (χ0v) is 12.8. The van der Waals surface area contributed by atoms with E-state index in [2.05, 4.69) is 5.32 Å². The molecule has 2 N–H and O–H groups in total. The van der Waals surface area contributed by atoms with Crippen molar-refractivity contribution >= 4 is 22.8 Å². The number of carbonyl (C=O) groups excluding carboxylic acids is 1. The summed E-state index contributed by atoms with van der Waals surface area (Å²) in [6.07, 6.45) is 0. The predicted molar refractivity (Wildman–Crippen MR) is 85.3 cm³/mol. The highest BCUT2D eigenvalue weighted by molar-refractivity contribution is 5.96. The van der Waals surface area contributed by atoms with Crippen molar-refractivity contribution < 1.29 is 27.9 Å². The van der Waals surface area contributed by atoms with Gasteiger partial charge >= 0.3 is 5.97 Å². The van der Waals surface area contributed by atoms with Gasteiger partial charge in [0.1, 0.15) is 5.82 Å². The van der Waals surface area contributed by atoms with Crippen molar-refractivity contribution in [3.05, 3.63) is 71.5 Å². The third-order valence-electron chi connectivity index (χ3n) is 3.76. The fraction of sp³-hybridized carbons (Fsp3) is 0.111. The standard InChI is InChI=1S/C18H13F2NO4/c19-12-6-4-10(5-7-12)13(18(23)24)9-21-17(22)15-8-11-2-1-3-14(20)16(11)25-15/h1-8,13H,9H2,(H,21,22)(H,23,24). The van der Waals surface area contributed by atoms with Crippen LogP contribution in [0.3, 0.4) is 0 Å². The summed E-state index contributed by atoms with van der Waals surface area (Å²) in [5.74, 6) is -4.08. The quantitative estimate of drug-likeness (QED) is 0.743. The molecule has 1 amide bonds. The number of para-hydroxylation sites is 1. The number of carboxylic acids is 1. The van der Waals surface area contributed by atoms with Crippen LogP contribution in [0.5, 0.6) is 0 Å². The van der Waals surface area contributed by atoms with Crippen molar-refractivity contribution in [1.29, 1.82) is 0 Å². The number of hydrogen-bond acceptors (Lipinski definition) is 3. The molecule has 3 aromatic rings. The van der Waals surface area contributed by atoms with Crippen molar-refractivity contribution in [1.82, 2.24) is 5.32 Å². The van der Waals surface area contributed by atoms with Crippen molar-refractivity contribution in [3.63, 3.8) is 0 Å². The summed E-state index contributed by atoms with van der Waals surface area (Å²) in [6, 6.07) is 10.7. The summed E-state index contributed by atoms with van der Waals surface area (Å²) in [5, 5.41) is 12.2.